The molecule has 1 aliphatic carbocycles. The molecule has 0 radical (unpaired) electrons. The second-order valence-corrected chi connectivity index (χ2v) is 5.45. The number of benzene rings is 1. The van der Waals surface area contributed by atoms with Crippen LogP contribution in [-0.4, -0.2) is 18.9 Å². The van der Waals surface area contributed by atoms with E-state index in [-0.39, 0.29) is 37.4 Å². The van der Waals surface area contributed by atoms with Crippen LogP contribution in [0.1, 0.15) is 28.8 Å². The topological polar surface area (TPSA) is 29.1 Å². The smallest absolute Gasteiger partial charge is 0.352 e. The van der Waals surface area contributed by atoms with Gasteiger partial charge in [-0.15, -0.1) is 0 Å². The zero-order valence-corrected chi connectivity index (χ0v) is 11.6. The van der Waals surface area contributed by atoms with Crippen LogP contribution in [0, 0.1) is 23.5 Å². The molecule has 23 heavy (non-hydrogen) atoms. The Morgan fingerprint density at radius 3 is 2.30 bits per heavy atom. The van der Waals surface area contributed by atoms with Gasteiger partial charge < -0.3 is 5.32 Å². The van der Waals surface area contributed by atoms with Crippen molar-refractivity contribution in [1.29, 1.82) is 0 Å². The van der Waals surface area contributed by atoms with E-state index in [9.17, 15) is 35.5 Å². The first kappa shape index (κ1) is 17.6. The van der Waals surface area contributed by atoms with Gasteiger partial charge >= 0.3 is 6.18 Å². The van der Waals surface area contributed by atoms with Gasteiger partial charge in [0.1, 0.15) is 11.6 Å². The Morgan fingerprint density at radius 2 is 1.78 bits per heavy atom. The third-order valence-corrected chi connectivity index (χ3v) is 3.79. The van der Waals surface area contributed by atoms with Crippen LogP contribution in [0.25, 0.3) is 0 Å². The highest BCUT2D eigenvalue weighted by Crippen LogP contribution is 2.37. The molecule has 0 atom stereocenters. The van der Waals surface area contributed by atoms with Crippen molar-refractivity contribution in [2.24, 2.45) is 11.8 Å². The summed E-state index contributed by atoms with van der Waals surface area (Å²) in [7, 11) is 0. The number of rotatable bonds is 4. The molecule has 9 heteroatoms. The van der Waals surface area contributed by atoms with E-state index in [4.69, 9.17) is 0 Å². The number of nitrogens with one attached hydrogen (secondary N) is 1. The van der Waals surface area contributed by atoms with Crippen LogP contribution < -0.4 is 5.32 Å². The second-order valence-electron chi connectivity index (χ2n) is 5.45. The van der Waals surface area contributed by atoms with Crippen molar-refractivity contribution < 1.29 is 35.5 Å². The van der Waals surface area contributed by atoms with E-state index >= 15 is 0 Å². The Morgan fingerprint density at radius 1 is 1.17 bits per heavy atom. The van der Waals surface area contributed by atoms with Gasteiger partial charge in [-0.05, 0) is 30.9 Å². The van der Waals surface area contributed by atoms with Crippen molar-refractivity contribution in [3.63, 3.8) is 0 Å². The number of hydrogen-bond acceptors (Lipinski definition) is 1. The first-order valence-electron chi connectivity index (χ1n) is 6.72. The van der Waals surface area contributed by atoms with Crippen molar-refractivity contribution >= 4 is 5.91 Å². The molecule has 0 aliphatic heterocycles. The molecule has 1 aromatic rings. The number of carbonyl (C=O) groups excluding carboxylic acids is 1. The van der Waals surface area contributed by atoms with E-state index in [0.29, 0.717) is 0 Å². The summed E-state index contributed by atoms with van der Waals surface area (Å²) in [5.74, 6) is -5.30. The van der Waals surface area contributed by atoms with Crippen molar-refractivity contribution in [1.82, 2.24) is 5.32 Å². The molecule has 1 fully saturated rings. The van der Waals surface area contributed by atoms with Crippen molar-refractivity contribution in [2.45, 2.75) is 25.4 Å². The number of amides is 1. The summed E-state index contributed by atoms with van der Waals surface area (Å²) in [4.78, 5) is 11.7. The average molecular weight is 343 g/mol. The van der Waals surface area contributed by atoms with Gasteiger partial charge in [-0.3, -0.25) is 4.79 Å². The second kappa shape index (κ2) is 6.37. The molecule has 1 aliphatic rings. The van der Waals surface area contributed by atoms with Crippen LogP contribution in [0.15, 0.2) is 12.1 Å². The largest absolute Gasteiger partial charge is 0.419 e. The maximum atomic E-state index is 13.6. The van der Waals surface area contributed by atoms with Gasteiger partial charge in [0.25, 0.3) is 5.91 Å². The number of hydrogen-bond donors (Lipinski definition) is 1. The van der Waals surface area contributed by atoms with E-state index in [1.807, 2.05) is 0 Å². The zero-order valence-electron chi connectivity index (χ0n) is 11.6. The van der Waals surface area contributed by atoms with Crippen LogP contribution in [0.2, 0.25) is 0 Å². The predicted octanol–water partition coefficient (Wildman–Crippen LogP) is 4.00. The summed E-state index contributed by atoms with van der Waals surface area (Å²) in [6.07, 6.45) is -7.12. The minimum atomic E-state index is -5.07. The van der Waals surface area contributed by atoms with Gasteiger partial charge in [-0.25, -0.2) is 17.6 Å². The van der Waals surface area contributed by atoms with Crippen LogP contribution in [0.3, 0.4) is 0 Å². The molecule has 1 saturated carbocycles. The van der Waals surface area contributed by atoms with Gasteiger partial charge in [0.15, 0.2) is 0 Å². The quantitative estimate of drug-likeness (QED) is 0.823. The molecule has 1 N–H and O–H groups in total. The molecule has 0 bridgehead atoms. The molecule has 0 saturated heterocycles. The lowest BCUT2D eigenvalue weighted by Gasteiger charge is -2.34. The van der Waals surface area contributed by atoms with Crippen LogP contribution in [0.5, 0.6) is 0 Å². The molecular weight excluding hydrogens is 331 g/mol. The fourth-order valence-electron chi connectivity index (χ4n) is 2.43. The molecule has 0 spiro atoms. The normalized spacial score (nSPS) is 21.2. The molecule has 0 aromatic heterocycles. The Bertz CT molecular complexity index is 594. The summed E-state index contributed by atoms with van der Waals surface area (Å²) in [6, 6.07) is 0.0939. The monoisotopic (exact) mass is 343 g/mol. The molecule has 1 aromatic carbocycles. The third kappa shape index (κ3) is 3.94. The predicted molar refractivity (Wildman–Crippen MR) is 65.9 cm³/mol. The zero-order chi connectivity index (χ0) is 17.4. The first-order chi connectivity index (χ1) is 10.6. The van der Waals surface area contributed by atoms with Crippen LogP contribution >= 0.6 is 0 Å². The fraction of sp³-hybridized carbons (Fsp3) is 0.500. The van der Waals surface area contributed by atoms with Crippen LogP contribution in [-0.2, 0) is 6.18 Å². The van der Waals surface area contributed by atoms with Crippen molar-refractivity contribution in [2.75, 3.05) is 6.54 Å². The summed E-state index contributed by atoms with van der Waals surface area (Å²) < 4.78 is 88.7. The molecule has 0 unspecified atom stereocenters. The molecule has 2 rings (SSSR count). The summed E-state index contributed by atoms with van der Waals surface area (Å²) in [5.41, 5.74) is -2.66. The summed E-state index contributed by atoms with van der Waals surface area (Å²) in [5, 5.41) is 2.21. The standard InChI is InChI=1S/C14H12F7NO/c15-10-4-9(14(19,20)21)11(16)3-8(10)13(23)22-5-6-1-7(2-6)12(17)18/h3-4,6-7,12H,1-2,5H2,(H,22,23). The SMILES string of the molecule is O=C(NCC1CC(C(F)F)C1)c1cc(F)c(C(F)(F)F)cc1F. The first-order valence-corrected chi connectivity index (χ1v) is 6.72. The summed E-state index contributed by atoms with van der Waals surface area (Å²) >= 11 is 0. The van der Waals surface area contributed by atoms with Crippen molar-refractivity contribution in [3.8, 4) is 0 Å². The Hall–Kier alpha value is -1.80. The van der Waals surface area contributed by atoms with Crippen molar-refractivity contribution in [3.05, 3.63) is 34.9 Å². The molecule has 0 heterocycles. The average Bonchev–Trinajstić information content (AvgIpc) is 2.37. The van der Waals surface area contributed by atoms with E-state index in [0.717, 1.165) is 0 Å². The third-order valence-electron chi connectivity index (χ3n) is 3.79. The van der Waals surface area contributed by atoms with Gasteiger partial charge in [0.05, 0.1) is 11.1 Å². The molecule has 128 valence electrons. The minimum absolute atomic E-state index is 0.0237. The van der Waals surface area contributed by atoms with Gasteiger partial charge in [-0.2, -0.15) is 13.2 Å². The lowest BCUT2D eigenvalue weighted by atomic mass is 9.75. The van der Waals surface area contributed by atoms with Crippen LogP contribution in [0.4, 0.5) is 30.7 Å². The Kier molecular flexibility index (Phi) is 4.86. The number of alkyl halides is 5. The highest BCUT2D eigenvalue weighted by molar-refractivity contribution is 5.94. The van der Waals surface area contributed by atoms with E-state index < -0.39 is 47.2 Å². The van der Waals surface area contributed by atoms with Gasteiger partial charge in [-0.1, -0.05) is 0 Å². The molecule has 1 amide bonds. The lowest BCUT2D eigenvalue weighted by Crippen LogP contribution is -2.38. The minimum Gasteiger partial charge on any atom is -0.352 e. The lowest BCUT2D eigenvalue weighted by molar-refractivity contribution is -0.140. The highest BCUT2D eigenvalue weighted by Gasteiger charge is 2.37. The molecular formula is C14H12F7NO. The maximum absolute atomic E-state index is 13.6. The van der Waals surface area contributed by atoms with Gasteiger partial charge in [0, 0.05) is 12.5 Å². The van der Waals surface area contributed by atoms with Gasteiger partial charge in [0.2, 0.25) is 6.43 Å². The number of halogens is 7. The molecule has 2 nitrogen and oxygen atoms in total. The van der Waals surface area contributed by atoms with E-state index in [2.05, 4.69) is 5.32 Å². The Labute approximate surface area is 126 Å². The fourth-order valence-corrected chi connectivity index (χ4v) is 2.43. The Balaban J connectivity index is 1.99. The maximum Gasteiger partial charge on any atom is 0.419 e. The van der Waals surface area contributed by atoms with E-state index in [1.165, 1.54) is 0 Å². The highest BCUT2D eigenvalue weighted by atomic mass is 19.4. The number of carbonyl (C=O) groups is 1. The summed E-state index contributed by atoms with van der Waals surface area (Å²) in [6.45, 7) is -0.0237. The van der Waals surface area contributed by atoms with E-state index in [1.54, 1.807) is 0 Å².